The molecule has 1 aliphatic heterocycles. The summed E-state index contributed by atoms with van der Waals surface area (Å²) in [5.74, 6) is 0.0438. The minimum Gasteiger partial charge on any atom is -0.481 e. The largest absolute Gasteiger partial charge is 0.481 e. The second kappa shape index (κ2) is 5.09. The maximum absolute atomic E-state index is 11.1. The van der Waals surface area contributed by atoms with E-state index in [0.717, 1.165) is 17.9 Å². The van der Waals surface area contributed by atoms with Crippen molar-refractivity contribution in [3.63, 3.8) is 0 Å². The van der Waals surface area contributed by atoms with Gasteiger partial charge in [0, 0.05) is 11.5 Å². The Morgan fingerprint density at radius 2 is 2.23 bits per heavy atom. The average Bonchev–Trinajstić information content (AvgIpc) is 2.51. The molecule has 3 nitrogen and oxygen atoms in total. The Labute approximate surface area is 132 Å². The zero-order valence-electron chi connectivity index (χ0n) is 13.3. The monoisotopic (exact) mass is 299 g/mol. The van der Waals surface area contributed by atoms with Gasteiger partial charge in [-0.05, 0) is 61.9 Å². The van der Waals surface area contributed by atoms with Crippen LogP contribution in [0.25, 0.3) is 0 Å². The predicted octanol–water partition coefficient (Wildman–Crippen LogP) is 3.00. The van der Waals surface area contributed by atoms with Crippen molar-refractivity contribution in [3.05, 3.63) is 34.9 Å². The third-order valence-corrected chi connectivity index (χ3v) is 6.53. The number of hydrogen-bond acceptors (Lipinski definition) is 2. The van der Waals surface area contributed by atoms with Gasteiger partial charge in [0.1, 0.15) is 0 Å². The van der Waals surface area contributed by atoms with Crippen LogP contribution in [0, 0.1) is 5.92 Å². The molecule has 3 aliphatic rings. The van der Waals surface area contributed by atoms with Crippen LogP contribution in [0.15, 0.2) is 18.2 Å². The number of likely N-dealkylation sites (N-methyl/N-ethyl adjacent to an activating group) is 1. The molecule has 1 N–H and O–H groups in total. The second-order valence-electron chi connectivity index (χ2n) is 7.57. The molecule has 2 fully saturated rings. The van der Waals surface area contributed by atoms with Gasteiger partial charge in [-0.1, -0.05) is 31.0 Å². The van der Waals surface area contributed by atoms with Crippen molar-refractivity contribution >= 4 is 5.97 Å². The molecule has 4 rings (SSSR count). The summed E-state index contributed by atoms with van der Waals surface area (Å²) in [6, 6.07) is 7.17. The van der Waals surface area contributed by atoms with Gasteiger partial charge in [0.2, 0.25) is 0 Å². The molecular weight excluding hydrogens is 274 g/mol. The molecule has 3 heteroatoms. The summed E-state index contributed by atoms with van der Waals surface area (Å²) in [4.78, 5) is 13.6. The van der Waals surface area contributed by atoms with Crippen LogP contribution in [0.1, 0.15) is 48.8 Å². The van der Waals surface area contributed by atoms with E-state index < -0.39 is 5.97 Å². The zero-order chi connectivity index (χ0) is 15.3. The van der Waals surface area contributed by atoms with Crippen LogP contribution in [-0.2, 0) is 23.1 Å². The molecule has 1 aromatic rings. The second-order valence-corrected chi connectivity index (χ2v) is 7.57. The van der Waals surface area contributed by atoms with E-state index in [1.165, 1.54) is 49.8 Å². The van der Waals surface area contributed by atoms with Crippen LogP contribution >= 0.6 is 0 Å². The number of carbonyl (C=O) groups is 1. The standard InChI is InChI=1S/C19H25NO2/c1-20-9-8-19-7-3-2-4-15(19)17(20)12-14-6-5-13(10-16(14)19)11-18(21)22/h5-6,10,15,17H,2-4,7-9,11-12H2,1H3,(H,21,22)/t15-,17+,19+/m1/s1. The molecule has 0 radical (unpaired) electrons. The predicted molar refractivity (Wildman–Crippen MR) is 86.2 cm³/mol. The number of carboxylic acids is 1. The number of hydrogen-bond donors (Lipinski definition) is 1. The Bertz CT molecular complexity index is 611. The maximum Gasteiger partial charge on any atom is 0.307 e. The highest BCUT2D eigenvalue weighted by Gasteiger charge is 2.52. The number of piperidine rings is 1. The summed E-state index contributed by atoms with van der Waals surface area (Å²) in [5.41, 5.74) is 4.28. The lowest BCUT2D eigenvalue weighted by atomic mass is 9.52. The van der Waals surface area contributed by atoms with E-state index in [0.29, 0.717) is 11.5 Å². The molecule has 0 spiro atoms. The Morgan fingerprint density at radius 1 is 1.36 bits per heavy atom. The number of rotatable bonds is 2. The van der Waals surface area contributed by atoms with Gasteiger partial charge >= 0.3 is 5.97 Å². The third-order valence-electron chi connectivity index (χ3n) is 6.53. The number of nitrogens with zero attached hydrogens (tertiary/aromatic N) is 1. The van der Waals surface area contributed by atoms with E-state index in [-0.39, 0.29) is 6.42 Å². The summed E-state index contributed by atoms with van der Waals surface area (Å²) in [6.07, 6.45) is 7.87. The van der Waals surface area contributed by atoms with Gasteiger partial charge < -0.3 is 10.0 Å². The van der Waals surface area contributed by atoms with Crippen molar-refractivity contribution in [2.45, 2.75) is 56.4 Å². The topological polar surface area (TPSA) is 40.5 Å². The number of benzene rings is 1. The fourth-order valence-corrected chi connectivity index (χ4v) is 5.53. The summed E-state index contributed by atoms with van der Waals surface area (Å²) in [5, 5.41) is 9.11. The van der Waals surface area contributed by atoms with E-state index in [4.69, 9.17) is 5.11 Å². The van der Waals surface area contributed by atoms with Gasteiger partial charge in [-0.25, -0.2) is 0 Å². The van der Waals surface area contributed by atoms with Crippen molar-refractivity contribution in [3.8, 4) is 0 Å². The van der Waals surface area contributed by atoms with Gasteiger partial charge in [-0.3, -0.25) is 4.79 Å². The van der Waals surface area contributed by atoms with Gasteiger partial charge in [-0.2, -0.15) is 0 Å². The van der Waals surface area contributed by atoms with E-state index in [1.54, 1.807) is 0 Å². The van der Waals surface area contributed by atoms with Crippen molar-refractivity contribution < 1.29 is 9.90 Å². The summed E-state index contributed by atoms with van der Waals surface area (Å²) in [7, 11) is 2.28. The zero-order valence-corrected chi connectivity index (χ0v) is 13.3. The fraction of sp³-hybridized carbons (Fsp3) is 0.632. The van der Waals surface area contributed by atoms with Crippen molar-refractivity contribution in [2.24, 2.45) is 5.92 Å². The molecule has 0 unspecified atom stereocenters. The van der Waals surface area contributed by atoms with E-state index in [1.807, 2.05) is 6.07 Å². The first-order valence-corrected chi connectivity index (χ1v) is 8.64. The van der Waals surface area contributed by atoms with Crippen LogP contribution < -0.4 is 0 Å². The lowest BCUT2D eigenvalue weighted by Gasteiger charge is -2.58. The van der Waals surface area contributed by atoms with Crippen LogP contribution in [0.2, 0.25) is 0 Å². The Kier molecular flexibility index (Phi) is 3.30. The summed E-state index contributed by atoms with van der Waals surface area (Å²) in [6.45, 7) is 1.18. The molecule has 1 saturated heterocycles. The molecule has 118 valence electrons. The molecule has 1 saturated carbocycles. The number of fused-ring (bicyclic) bond motifs is 1. The van der Waals surface area contributed by atoms with E-state index >= 15 is 0 Å². The molecule has 0 amide bonds. The number of aliphatic carboxylic acids is 1. The quantitative estimate of drug-likeness (QED) is 0.912. The minimum atomic E-state index is -0.727. The lowest BCUT2D eigenvalue weighted by molar-refractivity contribution is -0.136. The first-order valence-electron chi connectivity index (χ1n) is 8.64. The molecule has 1 heterocycles. The highest BCUT2D eigenvalue weighted by atomic mass is 16.4. The molecule has 22 heavy (non-hydrogen) atoms. The highest BCUT2D eigenvalue weighted by molar-refractivity contribution is 5.70. The fourth-order valence-electron chi connectivity index (χ4n) is 5.53. The SMILES string of the molecule is CN1CC[C@@]23CCCC[C@@H]2[C@@H]1Cc1ccc(CC(=O)O)cc13. The van der Waals surface area contributed by atoms with Crippen LogP contribution in [-0.4, -0.2) is 35.6 Å². The average molecular weight is 299 g/mol. The van der Waals surface area contributed by atoms with Gasteiger partial charge in [0.15, 0.2) is 0 Å². The van der Waals surface area contributed by atoms with Crippen molar-refractivity contribution in [1.82, 2.24) is 4.90 Å². The number of carboxylic acid groups (broad SMARTS) is 1. The van der Waals surface area contributed by atoms with Crippen molar-refractivity contribution in [1.29, 1.82) is 0 Å². The van der Waals surface area contributed by atoms with Crippen LogP contribution in [0.4, 0.5) is 0 Å². The number of likely N-dealkylation sites (tertiary alicyclic amines) is 1. The van der Waals surface area contributed by atoms with Crippen LogP contribution in [0.5, 0.6) is 0 Å². The van der Waals surface area contributed by atoms with E-state index in [9.17, 15) is 4.79 Å². The Morgan fingerprint density at radius 3 is 3.05 bits per heavy atom. The van der Waals surface area contributed by atoms with Crippen LogP contribution in [0.3, 0.4) is 0 Å². The van der Waals surface area contributed by atoms with E-state index in [2.05, 4.69) is 24.1 Å². The normalized spacial score (nSPS) is 33.9. The van der Waals surface area contributed by atoms with Crippen molar-refractivity contribution in [2.75, 3.05) is 13.6 Å². The molecule has 1 aromatic carbocycles. The third kappa shape index (κ3) is 2.02. The first kappa shape index (κ1) is 14.3. The Balaban J connectivity index is 1.82. The maximum atomic E-state index is 11.1. The first-order chi connectivity index (χ1) is 10.6. The molecule has 0 aromatic heterocycles. The molecule has 2 bridgehead atoms. The minimum absolute atomic E-state index is 0.150. The smallest absolute Gasteiger partial charge is 0.307 e. The lowest BCUT2D eigenvalue weighted by Crippen LogP contribution is -2.59. The highest BCUT2D eigenvalue weighted by Crippen LogP contribution is 2.55. The molecular formula is C19H25NO2. The summed E-state index contributed by atoms with van der Waals surface area (Å²) < 4.78 is 0. The van der Waals surface area contributed by atoms with Gasteiger partial charge in [0.25, 0.3) is 0 Å². The van der Waals surface area contributed by atoms with Gasteiger partial charge in [0.05, 0.1) is 6.42 Å². The molecule has 3 atom stereocenters. The summed E-state index contributed by atoms with van der Waals surface area (Å²) >= 11 is 0. The van der Waals surface area contributed by atoms with Gasteiger partial charge in [-0.15, -0.1) is 0 Å². The Hall–Kier alpha value is -1.35. The molecule has 2 aliphatic carbocycles.